The molecule has 0 saturated carbocycles. The van der Waals surface area contributed by atoms with Gasteiger partial charge in [0.15, 0.2) is 0 Å². The van der Waals surface area contributed by atoms with E-state index >= 15 is 0 Å². The third-order valence-electron chi connectivity index (χ3n) is 3.11. The Hall–Kier alpha value is -0.870. The fourth-order valence-corrected chi connectivity index (χ4v) is 2.21. The number of rotatable bonds is 2. The molecule has 1 aromatic heterocycles. The minimum absolute atomic E-state index is 0.0000650. The summed E-state index contributed by atoms with van der Waals surface area (Å²) in [5, 5.41) is 0. The lowest BCUT2D eigenvalue weighted by Gasteiger charge is -2.28. The number of piperidine rings is 1. The summed E-state index contributed by atoms with van der Waals surface area (Å²) in [4.78, 5) is 10.0. The van der Waals surface area contributed by atoms with Crippen LogP contribution in [0.5, 0.6) is 0 Å². The van der Waals surface area contributed by atoms with Crippen molar-refractivity contribution in [2.75, 3.05) is 20.1 Å². The van der Waals surface area contributed by atoms with E-state index in [1.807, 2.05) is 13.1 Å². The Morgan fingerprint density at radius 3 is 3.07 bits per heavy atom. The van der Waals surface area contributed by atoms with Gasteiger partial charge in [-0.05, 0) is 33.4 Å². The van der Waals surface area contributed by atoms with Crippen LogP contribution in [0, 0.1) is 0 Å². The van der Waals surface area contributed by atoms with E-state index in [1.54, 1.807) is 0 Å². The topological polar surface area (TPSA) is 57.9 Å². The minimum atomic E-state index is 0.0000650. The lowest BCUT2D eigenvalue weighted by molar-refractivity contribution is 0.248. The summed E-state index contributed by atoms with van der Waals surface area (Å²) < 4.78 is 0. The van der Waals surface area contributed by atoms with E-state index < -0.39 is 0 Å². The van der Waals surface area contributed by atoms with Crippen LogP contribution in [0.4, 0.5) is 0 Å². The average Bonchev–Trinajstić information content (AvgIpc) is 2.66. The Kier molecular flexibility index (Phi) is 3.07. The van der Waals surface area contributed by atoms with E-state index in [2.05, 4.69) is 21.9 Å². The van der Waals surface area contributed by atoms with Crippen molar-refractivity contribution in [2.45, 2.75) is 31.7 Å². The molecule has 1 aromatic rings. The number of imidazole rings is 1. The molecule has 0 amide bonds. The highest BCUT2D eigenvalue weighted by Gasteiger charge is 2.20. The number of H-pyrrole nitrogens is 1. The molecule has 0 aliphatic carbocycles. The first kappa shape index (κ1) is 10.6. The summed E-state index contributed by atoms with van der Waals surface area (Å²) in [5.41, 5.74) is 7.02. The third kappa shape index (κ3) is 2.38. The zero-order valence-corrected chi connectivity index (χ0v) is 9.53. The maximum Gasteiger partial charge on any atom is 0.122 e. The van der Waals surface area contributed by atoms with Crippen molar-refractivity contribution in [3.8, 4) is 0 Å². The number of nitrogens with two attached hydrogens (primary N) is 1. The maximum atomic E-state index is 5.78. The van der Waals surface area contributed by atoms with Crippen LogP contribution < -0.4 is 5.73 Å². The van der Waals surface area contributed by atoms with E-state index in [-0.39, 0.29) is 6.04 Å². The van der Waals surface area contributed by atoms with Crippen LogP contribution in [-0.2, 0) is 0 Å². The van der Waals surface area contributed by atoms with E-state index in [4.69, 9.17) is 5.73 Å². The van der Waals surface area contributed by atoms with Gasteiger partial charge in [-0.2, -0.15) is 0 Å². The van der Waals surface area contributed by atoms with Crippen LogP contribution in [0.15, 0.2) is 6.20 Å². The Bertz CT molecular complexity index is 318. The van der Waals surface area contributed by atoms with Crippen molar-refractivity contribution in [2.24, 2.45) is 5.73 Å². The van der Waals surface area contributed by atoms with E-state index in [0.717, 1.165) is 12.4 Å². The zero-order chi connectivity index (χ0) is 10.8. The summed E-state index contributed by atoms with van der Waals surface area (Å²) in [7, 11) is 2.18. The summed E-state index contributed by atoms with van der Waals surface area (Å²) in [6.45, 7) is 4.29. The van der Waals surface area contributed by atoms with Crippen molar-refractivity contribution in [3.05, 3.63) is 17.7 Å². The van der Waals surface area contributed by atoms with Gasteiger partial charge in [0.05, 0.1) is 6.04 Å². The van der Waals surface area contributed by atoms with Gasteiger partial charge < -0.3 is 15.6 Å². The number of hydrogen-bond acceptors (Lipinski definition) is 3. The summed E-state index contributed by atoms with van der Waals surface area (Å²) >= 11 is 0. The lowest BCUT2D eigenvalue weighted by Crippen LogP contribution is -2.31. The lowest BCUT2D eigenvalue weighted by atomic mass is 9.96. The van der Waals surface area contributed by atoms with Gasteiger partial charge in [0.1, 0.15) is 5.82 Å². The maximum absolute atomic E-state index is 5.78. The van der Waals surface area contributed by atoms with Crippen LogP contribution in [0.3, 0.4) is 0 Å². The van der Waals surface area contributed by atoms with Crippen LogP contribution in [-0.4, -0.2) is 35.0 Å². The first-order chi connectivity index (χ1) is 7.16. The highest BCUT2D eigenvalue weighted by atomic mass is 15.1. The molecule has 3 N–H and O–H groups in total. The van der Waals surface area contributed by atoms with Crippen molar-refractivity contribution in [3.63, 3.8) is 0 Å². The highest BCUT2D eigenvalue weighted by Crippen LogP contribution is 2.25. The Morgan fingerprint density at radius 1 is 1.67 bits per heavy atom. The fraction of sp³-hybridized carbons (Fsp3) is 0.727. The fourth-order valence-electron chi connectivity index (χ4n) is 2.21. The molecule has 2 rings (SSSR count). The van der Waals surface area contributed by atoms with Crippen LogP contribution in [0.25, 0.3) is 0 Å². The Morgan fingerprint density at radius 2 is 2.47 bits per heavy atom. The van der Waals surface area contributed by atoms with Crippen LogP contribution in [0.2, 0.25) is 0 Å². The molecule has 2 unspecified atom stereocenters. The van der Waals surface area contributed by atoms with E-state index in [9.17, 15) is 0 Å². The monoisotopic (exact) mass is 208 g/mol. The van der Waals surface area contributed by atoms with Gasteiger partial charge in [0.2, 0.25) is 0 Å². The molecule has 0 aromatic carbocycles. The van der Waals surface area contributed by atoms with Gasteiger partial charge in [0, 0.05) is 24.4 Å². The van der Waals surface area contributed by atoms with Gasteiger partial charge in [-0.1, -0.05) is 0 Å². The average molecular weight is 208 g/mol. The molecule has 84 valence electrons. The van der Waals surface area contributed by atoms with Gasteiger partial charge >= 0.3 is 0 Å². The molecule has 15 heavy (non-hydrogen) atoms. The Balaban J connectivity index is 2.08. The van der Waals surface area contributed by atoms with Crippen molar-refractivity contribution >= 4 is 0 Å². The number of likely N-dealkylation sites (N-methyl/N-ethyl adjacent to an activating group) is 1. The SMILES string of the molecule is CC(N)c1ncc(C2CCCN(C)C2)[nH]1. The molecular formula is C11H20N4. The molecule has 0 spiro atoms. The quantitative estimate of drug-likeness (QED) is 0.768. The smallest absolute Gasteiger partial charge is 0.122 e. The molecular weight excluding hydrogens is 188 g/mol. The number of likely N-dealkylation sites (tertiary alicyclic amines) is 1. The van der Waals surface area contributed by atoms with Crippen LogP contribution in [0.1, 0.15) is 43.2 Å². The second-order valence-electron chi connectivity index (χ2n) is 4.61. The predicted octanol–water partition coefficient (Wildman–Crippen LogP) is 1.24. The minimum Gasteiger partial charge on any atom is -0.344 e. The molecule has 1 aliphatic rings. The van der Waals surface area contributed by atoms with Crippen molar-refractivity contribution in [1.82, 2.24) is 14.9 Å². The first-order valence-electron chi connectivity index (χ1n) is 5.65. The molecule has 1 aliphatic heterocycles. The van der Waals surface area contributed by atoms with Gasteiger partial charge in [-0.3, -0.25) is 0 Å². The Labute approximate surface area is 90.9 Å². The first-order valence-corrected chi connectivity index (χ1v) is 5.65. The summed E-state index contributed by atoms with van der Waals surface area (Å²) in [5.74, 6) is 1.50. The third-order valence-corrected chi connectivity index (χ3v) is 3.11. The number of hydrogen-bond donors (Lipinski definition) is 2. The number of nitrogens with zero attached hydrogens (tertiary/aromatic N) is 2. The van der Waals surface area contributed by atoms with Crippen LogP contribution >= 0.6 is 0 Å². The molecule has 1 fully saturated rings. The predicted molar refractivity (Wildman–Crippen MR) is 60.7 cm³/mol. The van der Waals surface area contributed by atoms with Gasteiger partial charge in [-0.25, -0.2) is 4.98 Å². The molecule has 0 bridgehead atoms. The highest BCUT2D eigenvalue weighted by molar-refractivity contribution is 5.10. The summed E-state index contributed by atoms with van der Waals surface area (Å²) in [6, 6.07) is 0.0000650. The zero-order valence-electron chi connectivity index (χ0n) is 9.53. The number of nitrogens with one attached hydrogen (secondary N) is 1. The molecule has 1 saturated heterocycles. The van der Waals surface area contributed by atoms with E-state index in [1.165, 1.54) is 25.1 Å². The molecule has 2 atom stereocenters. The largest absolute Gasteiger partial charge is 0.344 e. The number of aromatic amines is 1. The second kappa shape index (κ2) is 4.33. The number of aromatic nitrogens is 2. The molecule has 4 heteroatoms. The second-order valence-corrected chi connectivity index (χ2v) is 4.61. The molecule has 2 heterocycles. The summed E-state index contributed by atoms with van der Waals surface area (Å²) in [6.07, 6.45) is 4.47. The van der Waals surface area contributed by atoms with E-state index in [0.29, 0.717) is 5.92 Å². The van der Waals surface area contributed by atoms with Crippen molar-refractivity contribution < 1.29 is 0 Å². The molecule has 0 radical (unpaired) electrons. The van der Waals surface area contributed by atoms with Gasteiger partial charge in [0.25, 0.3) is 0 Å². The normalized spacial score (nSPS) is 25.4. The van der Waals surface area contributed by atoms with Gasteiger partial charge in [-0.15, -0.1) is 0 Å². The molecule has 4 nitrogen and oxygen atoms in total. The van der Waals surface area contributed by atoms with Crippen molar-refractivity contribution in [1.29, 1.82) is 0 Å². The standard InChI is InChI=1S/C11H20N4/c1-8(12)11-13-6-10(14-11)9-4-3-5-15(2)7-9/h6,8-9H,3-5,7,12H2,1-2H3,(H,13,14).